The largest absolute Gasteiger partial charge is 0.337 e. The van der Waals surface area contributed by atoms with Crippen molar-refractivity contribution in [1.29, 1.82) is 0 Å². The van der Waals surface area contributed by atoms with Crippen molar-refractivity contribution in [3.05, 3.63) is 34.9 Å². The van der Waals surface area contributed by atoms with E-state index in [1.165, 1.54) is 0 Å². The Bertz CT molecular complexity index is 417. The van der Waals surface area contributed by atoms with E-state index in [0.717, 1.165) is 5.56 Å². The molecule has 1 rings (SSSR count). The fourth-order valence-electron chi connectivity index (χ4n) is 1.33. The predicted octanol–water partition coefficient (Wildman–Crippen LogP) is 3.65. The van der Waals surface area contributed by atoms with E-state index in [0.29, 0.717) is 18.0 Å². The predicted molar refractivity (Wildman–Crippen MR) is 80.8 cm³/mol. The van der Waals surface area contributed by atoms with Gasteiger partial charge in [-0.1, -0.05) is 65.5 Å². The van der Waals surface area contributed by atoms with Crippen LogP contribution in [0, 0.1) is 0 Å². The molecule has 0 heterocycles. The average molecular weight is 344 g/mol. The zero-order valence-electron chi connectivity index (χ0n) is 10.2. The minimum Gasteiger partial charge on any atom is -0.337 e. The number of hydrogen-bond acceptors (Lipinski definition) is 2. The molecule has 1 aromatic carbocycles. The smallest absolute Gasteiger partial charge is 0.223 e. The maximum absolute atomic E-state index is 11.4. The topological polar surface area (TPSA) is 41.1 Å². The number of nitrogens with one attached hydrogen (secondary N) is 2. The van der Waals surface area contributed by atoms with Crippen molar-refractivity contribution in [3.63, 3.8) is 0 Å². The lowest BCUT2D eigenvalue weighted by Crippen LogP contribution is -2.52. The van der Waals surface area contributed by atoms with Gasteiger partial charge in [0.15, 0.2) is 0 Å². The van der Waals surface area contributed by atoms with Crippen LogP contribution < -0.4 is 10.6 Å². The fraction of sp³-hybridized carbons (Fsp3) is 0.417. The highest BCUT2D eigenvalue weighted by Crippen LogP contribution is 2.29. The van der Waals surface area contributed by atoms with Crippen LogP contribution in [0.15, 0.2) is 24.3 Å². The van der Waals surface area contributed by atoms with Crippen molar-refractivity contribution in [2.24, 2.45) is 0 Å². The monoisotopic (exact) mass is 342 g/mol. The van der Waals surface area contributed by atoms with Crippen molar-refractivity contribution in [1.82, 2.24) is 10.6 Å². The van der Waals surface area contributed by atoms with Crippen LogP contribution in [0.25, 0.3) is 0 Å². The summed E-state index contributed by atoms with van der Waals surface area (Å²) in [6.45, 7) is 2.17. The van der Waals surface area contributed by atoms with Gasteiger partial charge in [-0.25, -0.2) is 0 Å². The van der Waals surface area contributed by atoms with E-state index < -0.39 is 9.96 Å². The van der Waals surface area contributed by atoms with Crippen LogP contribution >= 0.6 is 46.4 Å². The first kappa shape index (κ1) is 16.9. The molecule has 0 saturated heterocycles. The zero-order chi connectivity index (χ0) is 14.5. The molecule has 0 saturated carbocycles. The van der Waals surface area contributed by atoms with Gasteiger partial charge in [0.05, 0.1) is 0 Å². The molecule has 0 bridgehead atoms. The van der Waals surface area contributed by atoms with Crippen LogP contribution in [-0.2, 0) is 11.3 Å². The van der Waals surface area contributed by atoms with E-state index in [1.54, 1.807) is 19.1 Å². The number of hydrogen-bond donors (Lipinski definition) is 2. The van der Waals surface area contributed by atoms with Gasteiger partial charge in [0.1, 0.15) is 6.17 Å². The Morgan fingerprint density at radius 2 is 1.84 bits per heavy atom. The molecule has 0 aromatic heterocycles. The molecule has 19 heavy (non-hydrogen) atoms. The second kappa shape index (κ2) is 7.55. The summed E-state index contributed by atoms with van der Waals surface area (Å²) in [4.78, 5) is 11.4. The Morgan fingerprint density at radius 1 is 1.26 bits per heavy atom. The lowest BCUT2D eigenvalue weighted by Gasteiger charge is -2.26. The molecule has 2 N–H and O–H groups in total. The zero-order valence-corrected chi connectivity index (χ0v) is 13.2. The third-order valence-electron chi connectivity index (χ3n) is 2.38. The third kappa shape index (κ3) is 6.19. The third-order valence-corrected chi connectivity index (χ3v) is 3.28. The standard InChI is InChI=1S/C12H14Cl4N2O/c1-2-10(19)18-11(12(14,15)16)17-7-8-3-5-9(13)6-4-8/h3-6,11,17H,2,7H2,1H3,(H,18,19). The molecule has 0 aliphatic rings. The minimum atomic E-state index is -1.63. The highest BCUT2D eigenvalue weighted by molar-refractivity contribution is 6.68. The number of carbonyl (C=O) groups excluding carboxylic acids is 1. The lowest BCUT2D eigenvalue weighted by molar-refractivity contribution is -0.121. The number of halogens is 4. The first-order valence-electron chi connectivity index (χ1n) is 5.67. The molecule has 1 unspecified atom stereocenters. The molecule has 0 radical (unpaired) electrons. The van der Waals surface area contributed by atoms with Gasteiger partial charge in [0.25, 0.3) is 0 Å². The van der Waals surface area contributed by atoms with E-state index in [1.807, 2.05) is 12.1 Å². The summed E-state index contributed by atoms with van der Waals surface area (Å²) in [6.07, 6.45) is -0.444. The summed E-state index contributed by atoms with van der Waals surface area (Å²) in [5, 5.41) is 6.26. The normalized spacial score (nSPS) is 13.1. The first-order valence-corrected chi connectivity index (χ1v) is 7.18. The maximum atomic E-state index is 11.4. The Labute approximate surface area is 132 Å². The summed E-state index contributed by atoms with van der Waals surface area (Å²) in [5.41, 5.74) is 0.967. The number of rotatable bonds is 5. The lowest BCUT2D eigenvalue weighted by atomic mass is 10.2. The average Bonchev–Trinajstić information content (AvgIpc) is 2.34. The molecule has 0 aliphatic carbocycles. The van der Waals surface area contributed by atoms with Gasteiger partial charge in [-0.2, -0.15) is 0 Å². The SMILES string of the molecule is CCC(=O)NC(NCc1ccc(Cl)cc1)C(Cl)(Cl)Cl. The molecule has 0 spiro atoms. The second-order valence-corrected chi connectivity index (χ2v) is 6.71. The van der Waals surface area contributed by atoms with Gasteiger partial charge >= 0.3 is 0 Å². The molecule has 3 nitrogen and oxygen atoms in total. The van der Waals surface area contributed by atoms with Crippen molar-refractivity contribution >= 4 is 52.3 Å². The summed E-state index contributed by atoms with van der Waals surface area (Å²) < 4.78 is -1.63. The fourth-order valence-corrected chi connectivity index (χ4v) is 1.85. The van der Waals surface area contributed by atoms with E-state index in [4.69, 9.17) is 46.4 Å². The van der Waals surface area contributed by atoms with E-state index in [9.17, 15) is 4.79 Å². The van der Waals surface area contributed by atoms with Gasteiger partial charge in [-0.05, 0) is 17.7 Å². The van der Waals surface area contributed by atoms with Crippen LogP contribution in [-0.4, -0.2) is 15.9 Å². The number of carbonyl (C=O) groups is 1. The highest BCUT2D eigenvalue weighted by atomic mass is 35.6. The maximum Gasteiger partial charge on any atom is 0.223 e. The van der Waals surface area contributed by atoms with E-state index >= 15 is 0 Å². The molecule has 1 atom stereocenters. The Morgan fingerprint density at radius 3 is 2.32 bits per heavy atom. The van der Waals surface area contributed by atoms with Crippen molar-refractivity contribution in [2.45, 2.75) is 29.8 Å². The highest BCUT2D eigenvalue weighted by Gasteiger charge is 2.33. The van der Waals surface area contributed by atoms with Crippen LogP contribution in [0.1, 0.15) is 18.9 Å². The summed E-state index contributed by atoms with van der Waals surface area (Å²) in [5.74, 6) is -0.195. The quantitative estimate of drug-likeness (QED) is 0.632. The van der Waals surface area contributed by atoms with Crippen molar-refractivity contribution < 1.29 is 4.79 Å². The van der Waals surface area contributed by atoms with E-state index in [2.05, 4.69) is 10.6 Å². The Kier molecular flexibility index (Phi) is 6.71. The van der Waals surface area contributed by atoms with E-state index in [-0.39, 0.29) is 5.91 Å². The van der Waals surface area contributed by atoms with Gasteiger partial charge < -0.3 is 5.32 Å². The van der Waals surface area contributed by atoms with Crippen LogP contribution in [0.4, 0.5) is 0 Å². The number of benzene rings is 1. The van der Waals surface area contributed by atoms with Crippen molar-refractivity contribution in [2.75, 3.05) is 0 Å². The van der Waals surface area contributed by atoms with Gasteiger partial charge in [0.2, 0.25) is 9.70 Å². The Balaban J connectivity index is 2.62. The molecule has 7 heteroatoms. The van der Waals surface area contributed by atoms with Crippen LogP contribution in [0.2, 0.25) is 5.02 Å². The van der Waals surface area contributed by atoms with Gasteiger partial charge in [-0.15, -0.1) is 0 Å². The van der Waals surface area contributed by atoms with Gasteiger partial charge in [0, 0.05) is 18.0 Å². The van der Waals surface area contributed by atoms with Crippen LogP contribution in [0.5, 0.6) is 0 Å². The molecular formula is C12H14Cl4N2O. The molecule has 0 aliphatic heterocycles. The van der Waals surface area contributed by atoms with Crippen LogP contribution in [0.3, 0.4) is 0 Å². The summed E-state index contributed by atoms with van der Waals surface area (Å²) >= 11 is 23.3. The molecule has 106 valence electrons. The Hall–Kier alpha value is -0.190. The first-order chi connectivity index (χ1) is 8.82. The number of amides is 1. The van der Waals surface area contributed by atoms with Crippen molar-refractivity contribution in [3.8, 4) is 0 Å². The number of alkyl halides is 3. The molecule has 1 aromatic rings. The van der Waals surface area contributed by atoms with Gasteiger partial charge in [-0.3, -0.25) is 10.1 Å². The summed E-state index contributed by atoms with van der Waals surface area (Å²) in [6, 6.07) is 7.25. The molecule has 1 amide bonds. The second-order valence-electron chi connectivity index (χ2n) is 3.90. The minimum absolute atomic E-state index is 0.195. The summed E-state index contributed by atoms with van der Waals surface area (Å²) in [7, 11) is 0. The molecular weight excluding hydrogens is 330 g/mol. The molecule has 0 fully saturated rings.